The minimum Gasteiger partial charge on any atom is -0.468 e. The van der Waals surface area contributed by atoms with Crippen LogP contribution in [-0.4, -0.2) is 48.3 Å². The number of carbonyl (C=O) groups excluding carboxylic acids is 1. The van der Waals surface area contributed by atoms with Gasteiger partial charge in [0.25, 0.3) is 0 Å². The minimum absolute atomic E-state index is 0.0572. The summed E-state index contributed by atoms with van der Waals surface area (Å²) in [5.74, 6) is 0.464. The van der Waals surface area contributed by atoms with E-state index in [1.807, 2.05) is 0 Å². The van der Waals surface area contributed by atoms with Gasteiger partial charge in [0.2, 0.25) is 0 Å². The fourth-order valence-electron chi connectivity index (χ4n) is 1.84. The topological polar surface area (TPSA) is 101 Å². The number of ether oxygens (including phenoxy) is 1. The van der Waals surface area contributed by atoms with Crippen LogP contribution >= 0.6 is 0 Å². The van der Waals surface area contributed by atoms with Crippen LogP contribution in [0.2, 0.25) is 0 Å². The number of hydrogen-bond acceptors (Lipinski definition) is 7. The first kappa shape index (κ1) is 15.1. The number of carbonyl (C=O) groups is 1. The van der Waals surface area contributed by atoms with Crippen molar-refractivity contribution in [3.05, 3.63) is 17.7 Å². The van der Waals surface area contributed by atoms with Crippen molar-refractivity contribution in [3.63, 3.8) is 0 Å². The van der Waals surface area contributed by atoms with Crippen molar-refractivity contribution in [2.24, 2.45) is 0 Å². The Morgan fingerprint density at radius 2 is 2.05 bits per heavy atom. The van der Waals surface area contributed by atoms with Crippen molar-refractivity contribution >= 4 is 5.97 Å². The Morgan fingerprint density at radius 1 is 1.29 bits per heavy atom. The first-order valence-electron chi connectivity index (χ1n) is 6.62. The summed E-state index contributed by atoms with van der Waals surface area (Å²) < 4.78 is 7.79. The highest BCUT2D eigenvalue weighted by molar-refractivity contribution is 5.68. The van der Waals surface area contributed by atoms with Gasteiger partial charge in [-0.2, -0.15) is 0 Å². The van der Waals surface area contributed by atoms with E-state index in [4.69, 9.17) is 0 Å². The zero-order chi connectivity index (χ0) is 15.5. The van der Waals surface area contributed by atoms with E-state index in [9.17, 15) is 4.79 Å². The molecule has 2 rings (SSSR count). The summed E-state index contributed by atoms with van der Waals surface area (Å²) in [7, 11) is 1.34. The van der Waals surface area contributed by atoms with Gasteiger partial charge in [0, 0.05) is 18.0 Å². The smallest absolute Gasteiger partial charge is 0.327 e. The predicted molar refractivity (Wildman–Crippen MR) is 72.3 cm³/mol. The highest BCUT2D eigenvalue weighted by Crippen LogP contribution is 2.18. The van der Waals surface area contributed by atoms with Gasteiger partial charge in [0.1, 0.15) is 6.54 Å². The van der Waals surface area contributed by atoms with Gasteiger partial charge in [0.15, 0.2) is 5.82 Å². The number of aromatic nitrogens is 7. The Morgan fingerprint density at radius 3 is 2.71 bits per heavy atom. The second-order valence-corrected chi connectivity index (χ2v) is 5.71. The number of tetrazole rings is 1. The van der Waals surface area contributed by atoms with Crippen LogP contribution in [-0.2, 0) is 34.5 Å². The average Bonchev–Trinajstić information content (AvgIpc) is 3.04. The Balaban J connectivity index is 1.98. The molecule has 0 aliphatic carbocycles. The number of hydrogen-bond donors (Lipinski definition) is 0. The van der Waals surface area contributed by atoms with Crippen molar-refractivity contribution < 1.29 is 9.53 Å². The van der Waals surface area contributed by atoms with Crippen molar-refractivity contribution in [2.45, 2.75) is 45.7 Å². The normalized spacial score (nSPS) is 11.6. The van der Waals surface area contributed by atoms with Crippen LogP contribution in [0.25, 0.3) is 0 Å². The van der Waals surface area contributed by atoms with Crippen LogP contribution in [0.4, 0.5) is 0 Å². The summed E-state index contributed by atoms with van der Waals surface area (Å²) in [5.41, 5.74) is 0.653. The Kier molecular flexibility index (Phi) is 4.29. The van der Waals surface area contributed by atoms with E-state index < -0.39 is 0 Å². The van der Waals surface area contributed by atoms with E-state index in [1.165, 1.54) is 11.8 Å². The monoisotopic (exact) mass is 293 g/mol. The molecule has 2 aromatic rings. The largest absolute Gasteiger partial charge is 0.468 e. The Hall–Kier alpha value is -2.32. The maximum atomic E-state index is 11.1. The quantitative estimate of drug-likeness (QED) is 0.714. The molecule has 0 amide bonds. The molecule has 0 bridgehead atoms. The summed E-state index contributed by atoms with van der Waals surface area (Å²) in [6.45, 7) is 6.84. The lowest BCUT2D eigenvalue weighted by Crippen LogP contribution is -2.20. The van der Waals surface area contributed by atoms with Gasteiger partial charge in [-0.1, -0.05) is 26.0 Å². The first-order valence-corrected chi connectivity index (χ1v) is 6.62. The van der Waals surface area contributed by atoms with Crippen molar-refractivity contribution in [1.82, 2.24) is 35.2 Å². The maximum Gasteiger partial charge on any atom is 0.327 e. The van der Waals surface area contributed by atoms with Crippen LogP contribution in [0.5, 0.6) is 0 Å². The van der Waals surface area contributed by atoms with Crippen LogP contribution in [0, 0.1) is 0 Å². The van der Waals surface area contributed by atoms with Crippen molar-refractivity contribution in [1.29, 1.82) is 0 Å². The summed E-state index contributed by atoms with van der Waals surface area (Å²) in [4.78, 5) is 11.1. The molecule has 114 valence electrons. The predicted octanol–water partition coefficient (Wildman–Crippen LogP) is -0.0222. The Bertz CT molecular complexity index is 611. The standard InChI is InChI=1S/C12H19N7O2/c1-12(2,3)11-14-15-17-19(11)6-5-9-7-18(16-13-9)8-10(20)21-4/h7H,5-6,8H2,1-4H3. The minimum atomic E-state index is -0.359. The van der Waals surface area contributed by atoms with Crippen LogP contribution in [0.1, 0.15) is 32.3 Å². The molecule has 9 nitrogen and oxygen atoms in total. The molecular formula is C12H19N7O2. The lowest BCUT2D eigenvalue weighted by molar-refractivity contribution is -0.141. The highest BCUT2D eigenvalue weighted by atomic mass is 16.5. The second-order valence-electron chi connectivity index (χ2n) is 5.71. The molecule has 0 aromatic carbocycles. The van der Waals surface area contributed by atoms with Crippen molar-refractivity contribution in [3.8, 4) is 0 Å². The summed E-state index contributed by atoms with van der Waals surface area (Å²) >= 11 is 0. The number of methoxy groups -OCH3 is 1. The Labute approximate surface area is 122 Å². The van der Waals surface area contributed by atoms with Gasteiger partial charge in [-0.3, -0.25) is 4.79 Å². The number of rotatable bonds is 5. The lowest BCUT2D eigenvalue weighted by Gasteiger charge is -2.16. The maximum absolute atomic E-state index is 11.1. The van der Waals surface area contributed by atoms with Crippen LogP contribution < -0.4 is 0 Å². The molecule has 0 aliphatic heterocycles. The SMILES string of the molecule is COC(=O)Cn1cc(CCn2nnnc2C(C)(C)C)nn1. The van der Waals surface area contributed by atoms with E-state index in [2.05, 4.69) is 51.3 Å². The molecule has 0 fully saturated rings. The van der Waals surface area contributed by atoms with Gasteiger partial charge in [0.05, 0.1) is 19.3 Å². The first-order chi connectivity index (χ1) is 9.90. The number of esters is 1. The third-order valence-corrected chi connectivity index (χ3v) is 2.89. The molecule has 0 unspecified atom stereocenters. The zero-order valence-corrected chi connectivity index (χ0v) is 12.6. The molecule has 21 heavy (non-hydrogen) atoms. The van der Waals surface area contributed by atoms with E-state index in [-0.39, 0.29) is 17.9 Å². The molecule has 2 heterocycles. The molecule has 0 saturated heterocycles. The fourth-order valence-corrected chi connectivity index (χ4v) is 1.84. The van der Waals surface area contributed by atoms with E-state index in [0.717, 1.165) is 11.5 Å². The van der Waals surface area contributed by atoms with Gasteiger partial charge >= 0.3 is 5.97 Å². The zero-order valence-electron chi connectivity index (χ0n) is 12.6. The summed E-state index contributed by atoms with van der Waals surface area (Å²) in [6.07, 6.45) is 2.35. The third kappa shape index (κ3) is 3.83. The number of aryl methyl sites for hydroxylation is 2. The molecular weight excluding hydrogens is 274 g/mol. The van der Waals surface area contributed by atoms with E-state index in [1.54, 1.807) is 10.9 Å². The molecule has 2 aromatic heterocycles. The number of nitrogens with zero attached hydrogens (tertiary/aromatic N) is 7. The molecule has 0 atom stereocenters. The average molecular weight is 293 g/mol. The van der Waals surface area contributed by atoms with Crippen LogP contribution in [0.3, 0.4) is 0 Å². The third-order valence-electron chi connectivity index (χ3n) is 2.89. The van der Waals surface area contributed by atoms with Gasteiger partial charge in [-0.25, -0.2) is 9.36 Å². The van der Waals surface area contributed by atoms with Crippen LogP contribution in [0.15, 0.2) is 6.20 Å². The summed E-state index contributed by atoms with van der Waals surface area (Å²) in [5, 5.41) is 19.7. The molecule has 0 aliphatic rings. The van der Waals surface area contributed by atoms with Crippen molar-refractivity contribution in [2.75, 3.05) is 7.11 Å². The van der Waals surface area contributed by atoms with Gasteiger partial charge in [-0.15, -0.1) is 10.2 Å². The second kappa shape index (κ2) is 5.98. The molecule has 0 saturated carbocycles. The summed E-state index contributed by atoms with van der Waals surface area (Å²) in [6, 6.07) is 0. The molecule has 0 radical (unpaired) electrons. The molecule has 0 spiro atoms. The molecule has 0 N–H and O–H groups in total. The van der Waals surface area contributed by atoms with E-state index >= 15 is 0 Å². The highest BCUT2D eigenvalue weighted by Gasteiger charge is 2.21. The lowest BCUT2D eigenvalue weighted by atomic mass is 9.96. The van der Waals surface area contributed by atoms with Gasteiger partial charge in [-0.05, 0) is 10.4 Å². The van der Waals surface area contributed by atoms with Gasteiger partial charge < -0.3 is 4.74 Å². The van der Waals surface area contributed by atoms with E-state index in [0.29, 0.717) is 13.0 Å². The fraction of sp³-hybridized carbons (Fsp3) is 0.667. The molecule has 9 heteroatoms.